The smallest absolute Gasteiger partial charge is 0.195 e. The van der Waals surface area contributed by atoms with E-state index in [2.05, 4.69) is 39.7 Å². The summed E-state index contributed by atoms with van der Waals surface area (Å²) in [4.78, 5) is 10.8. The van der Waals surface area contributed by atoms with Gasteiger partial charge < -0.3 is 10.6 Å². The van der Waals surface area contributed by atoms with E-state index in [0.29, 0.717) is 12.6 Å². The minimum Gasteiger partial charge on any atom is -0.357 e. The van der Waals surface area contributed by atoms with Crippen LogP contribution in [0.25, 0.3) is 4.96 Å². The molecule has 5 nitrogen and oxygen atoms in total. The number of thiazole rings is 1. The molecule has 0 spiro atoms. The van der Waals surface area contributed by atoms with Crippen LogP contribution in [0.5, 0.6) is 0 Å². The molecule has 0 radical (unpaired) electrons. The second-order valence-corrected chi connectivity index (χ2v) is 6.65. The van der Waals surface area contributed by atoms with Gasteiger partial charge in [-0.05, 0) is 32.5 Å². The summed E-state index contributed by atoms with van der Waals surface area (Å²) in [6, 6.07) is 0.658. The van der Waals surface area contributed by atoms with E-state index in [-0.39, 0.29) is 0 Å². The fourth-order valence-electron chi connectivity index (χ4n) is 3.42. The van der Waals surface area contributed by atoms with Gasteiger partial charge in [0.15, 0.2) is 10.8 Å². The monoisotopic (exact) mass is 307 g/mol. The fraction of sp³-hybridized carbons (Fsp3) is 0.667. The van der Waals surface area contributed by atoms with E-state index in [0.717, 1.165) is 30.3 Å². The predicted molar refractivity (Wildman–Crippen MR) is 89.4 cm³/mol. The molecular formula is C15H25N5S. The molecule has 0 aliphatic carbocycles. The summed E-state index contributed by atoms with van der Waals surface area (Å²) in [6.45, 7) is 6.35. The van der Waals surface area contributed by atoms with Crippen LogP contribution in [0.2, 0.25) is 0 Å². The number of hydrogen-bond donors (Lipinski definition) is 1. The van der Waals surface area contributed by atoms with E-state index >= 15 is 0 Å². The first-order valence-electron chi connectivity index (χ1n) is 7.84. The Morgan fingerprint density at radius 2 is 2.38 bits per heavy atom. The van der Waals surface area contributed by atoms with Crippen molar-refractivity contribution >= 4 is 22.1 Å². The summed E-state index contributed by atoms with van der Waals surface area (Å²) in [5, 5.41) is 2.09. The predicted octanol–water partition coefficient (Wildman–Crippen LogP) is 1.82. The van der Waals surface area contributed by atoms with Crippen molar-refractivity contribution in [2.45, 2.75) is 32.2 Å². The minimum absolute atomic E-state index is 0.658. The molecule has 3 heterocycles. The SMILES string of the molecule is CCN1CCCC1CN(C)c1nc2sccn2c1CCN. The maximum atomic E-state index is 5.79. The summed E-state index contributed by atoms with van der Waals surface area (Å²) >= 11 is 1.69. The lowest BCUT2D eigenvalue weighted by atomic mass is 10.2. The molecule has 2 N–H and O–H groups in total. The highest BCUT2D eigenvalue weighted by molar-refractivity contribution is 7.15. The Morgan fingerprint density at radius 3 is 3.14 bits per heavy atom. The van der Waals surface area contributed by atoms with E-state index in [9.17, 15) is 0 Å². The van der Waals surface area contributed by atoms with Crippen LogP contribution in [0.3, 0.4) is 0 Å². The van der Waals surface area contributed by atoms with E-state index in [4.69, 9.17) is 10.7 Å². The van der Waals surface area contributed by atoms with Gasteiger partial charge >= 0.3 is 0 Å². The third-order valence-corrected chi connectivity index (χ3v) is 5.23. The summed E-state index contributed by atoms with van der Waals surface area (Å²) in [7, 11) is 2.17. The second kappa shape index (κ2) is 6.34. The molecule has 2 aromatic heterocycles. The quantitative estimate of drug-likeness (QED) is 0.884. The topological polar surface area (TPSA) is 49.8 Å². The zero-order valence-electron chi connectivity index (χ0n) is 13.0. The van der Waals surface area contributed by atoms with Crippen LogP contribution < -0.4 is 10.6 Å². The van der Waals surface area contributed by atoms with Crippen molar-refractivity contribution in [1.29, 1.82) is 0 Å². The van der Waals surface area contributed by atoms with Gasteiger partial charge in [-0.25, -0.2) is 4.98 Å². The molecule has 0 bridgehead atoms. The average Bonchev–Trinajstić information content (AvgIpc) is 3.15. The second-order valence-electron chi connectivity index (χ2n) is 5.78. The molecule has 1 atom stereocenters. The van der Waals surface area contributed by atoms with Gasteiger partial charge in [0.1, 0.15) is 0 Å². The van der Waals surface area contributed by atoms with Crippen LogP contribution in [0.15, 0.2) is 11.6 Å². The maximum absolute atomic E-state index is 5.79. The Bertz CT molecular complexity index is 590. The third kappa shape index (κ3) is 2.80. The lowest BCUT2D eigenvalue weighted by molar-refractivity contribution is 0.270. The van der Waals surface area contributed by atoms with E-state index in [1.165, 1.54) is 25.1 Å². The number of imidazole rings is 1. The zero-order valence-corrected chi connectivity index (χ0v) is 13.8. The molecule has 1 unspecified atom stereocenters. The van der Waals surface area contributed by atoms with E-state index in [1.54, 1.807) is 11.3 Å². The van der Waals surface area contributed by atoms with Gasteiger partial charge in [-0.2, -0.15) is 0 Å². The molecule has 3 rings (SSSR count). The molecule has 1 fully saturated rings. The van der Waals surface area contributed by atoms with Crippen molar-refractivity contribution in [2.24, 2.45) is 5.73 Å². The number of likely N-dealkylation sites (tertiary alicyclic amines) is 1. The van der Waals surface area contributed by atoms with Crippen molar-refractivity contribution in [3.05, 3.63) is 17.3 Å². The number of hydrogen-bond acceptors (Lipinski definition) is 5. The van der Waals surface area contributed by atoms with Gasteiger partial charge in [0.25, 0.3) is 0 Å². The van der Waals surface area contributed by atoms with Crippen LogP contribution >= 0.6 is 11.3 Å². The fourth-order valence-corrected chi connectivity index (χ4v) is 4.14. The molecule has 21 heavy (non-hydrogen) atoms. The highest BCUT2D eigenvalue weighted by Gasteiger charge is 2.26. The van der Waals surface area contributed by atoms with Gasteiger partial charge in [0, 0.05) is 37.6 Å². The summed E-state index contributed by atoms with van der Waals surface area (Å²) < 4.78 is 2.19. The lowest BCUT2D eigenvalue weighted by Crippen LogP contribution is -2.39. The van der Waals surface area contributed by atoms with Gasteiger partial charge in [-0.15, -0.1) is 11.3 Å². The first kappa shape index (κ1) is 14.8. The average molecular weight is 307 g/mol. The first-order valence-corrected chi connectivity index (χ1v) is 8.72. The van der Waals surface area contributed by atoms with Crippen LogP contribution in [0.4, 0.5) is 5.82 Å². The Morgan fingerprint density at radius 1 is 1.52 bits per heavy atom. The van der Waals surface area contributed by atoms with Gasteiger partial charge in [-0.1, -0.05) is 6.92 Å². The molecule has 6 heteroatoms. The van der Waals surface area contributed by atoms with Crippen molar-refractivity contribution < 1.29 is 0 Å². The number of fused-ring (bicyclic) bond motifs is 1. The van der Waals surface area contributed by atoms with Gasteiger partial charge in [-0.3, -0.25) is 9.30 Å². The van der Waals surface area contributed by atoms with Crippen LogP contribution in [0, 0.1) is 0 Å². The summed E-state index contributed by atoms with van der Waals surface area (Å²) in [5.41, 5.74) is 7.04. The van der Waals surface area contributed by atoms with Crippen molar-refractivity contribution in [3.63, 3.8) is 0 Å². The van der Waals surface area contributed by atoms with Crippen LogP contribution in [0.1, 0.15) is 25.5 Å². The van der Waals surface area contributed by atoms with Gasteiger partial charge in [0.2, 0.25) is 0 Å². The maximum Gasteiger partial charge on any atom is 0.195 e. The summed E-state index contributed by atoms with van der Waals surface area (Å²) in [6.07, 6.45) is 5.59. The van der Waals surface area contributed by atoms with E-state index < -0.39 is 0 Å². The Labute approximate surface area is 130 Å². The number of nitrogens with zero attached hydrogens (tertiary/aromatic N) is 4. The number of anilines is 1. The van der Waals surface area contributed by atoms with Gasteiger partial charge in [0.05, 0.1) is 5.69 Å². The lowest BCUT2D eigenvalue weighted by Gasteiger charge is -2.28. The Hall–Kier alpha value is -1.11. The van der Waals surface area contributed by atoms with Crippen molar-refractivity contribution in [3.8, 4) is 0 Å². The van der Waals surface area contributed by atoms with Crippen LogP contribution in [-0.2, 0) is 6.42 Å². The Kier molecular flexibility index (Phi) is 4.47. The Balaban J connectivity index is 1.81. The number of rotatable bonds is 6. The molecule has 1 saturated heterocycles. The number of aromatic nitrogens is 2. The molecule has 116 valence electrons. The number of likely N-dealkylation sites (N-methyl/N-ethyl adjacent to an activating group) is 2. The van der Waals surface area contributed by atoms with Crippen molar-refractivity contribution in [2.75, 3.05) is 38.1 Å². The zero-order chi connectivity index (χ0) is 14.8. The molecule has 0 saturated carbocycles. The van der Waals surface area contributed by atoms with Crippen molar-refractivity contribution in [1.82, 2.24) is 14.3 Å². The first-order chi connectivity index (χ1) is 10.2. The largest absolute Gasteiger partial charge is 0.357 e. The normalized spacial score (nSPS) is 19.7. The number of nitrogens with two attached hydrogens (primary N) is 1. The van der Waals surface area contributed by atoms with Crippen LogP contribution in [-0.4, -0.2) is 53.6 Å². The summed E-state index contributed by atoms with van der Waals surface area (Å²) in [5.74, 6) is 1.11. The molecule has 1 aliphatic rings. The highest BCUT2D eigenvalue weighted by Crippen LogP contribution is 2.26. The van der Waals surface area contributed by atoms with E-state index in [1.807, 2.05) is 0 Å². The third-order valence-electron chi connectivity index (χ3n) is 4.47. The highest BCUT2D eigenvalue weighted by atomic mass is 32.1. The molecule has 2 aromatic rings. The standard InChI is InChI=1S/C15H25N5S/c1-3-19-8-4-5-12(19)11-18(2)14-13(6-7-16)20-9-10-21-15(20)17-14/h9-10,12H,3-8,11,16H2,1-2H3. The molecule has 0 amide bonds. The molecule has 1 aliphatic heterocycles. The minimum atomic E-state index is 0.658. The molecule has 0 aromatic carbocycles. The molecular weight excluding hydrogens is 282 g/mol.